The van der Waals surface area contributed by atoms with Crippen molar-refractivity contribution in [1.82, 2.24) is 4.98 Å². The summed E-state index contributed by atoms with van der Waals surface area (Å²) in [6, 6.07) is 24.5. The first kappa shape index (κ1) is 17.5. The standard InChI is InChI=1S/C22H15ClN2OS/c23-19-12-5-4-11-18(19)22-25-20(14-27-22)16-9-6-10-17(13-16)24-21(26)15-7-2-1-3-8-15/h1-14H,(H,24,26). The van der Waals surface area contributed by atoms with Gasteiger partial charge in [-0.15, -0.1) is 11.3 Å². The van der Waals surface area contributed by atoms with Gasteiger partial charge in [0.05, 0.1) is 10.7 Å². The lowest BCUT2D eigenvalue weighted by Crippen LogP contribution is -2.11. The zero-order chi connectivity index (χ0) is 18.6. The van der Waals surface area contributed by atoms with Gasteiger partial charge in [0.15, 0.2) is 0 Å². The summed E-state index contributed by atoms with van der Waals surface area (Å²) < 4.78 is 0. The molecule has 0 aliphatic heterocycles. The molecule has 0 saturated heterocycles. The fourth-order valence-corrected chi connectivity index (χ4v) is 3.86. The lowest BCUT2D eigenvalue weighted by Gasteiger charge is -2.06. The van der Waals surface area contributed by atoms with Crippen molar-refractivity contribution in [1.29, 1.82) is 0 Å². The zero-order valence-electron chi connectivity index (χ0n) is 14.2. The Morgan fingerprint density at radius 3 is 2.52 bits per heavy atom. The number of nitrogens with one attached hydrogen (secondary N) is 1. The number of thiazole rings is 1. The third-order valence-corrected chi connectivity index (χ3v) is 5.27. The van der Waals surface area contributed by atoms with Crippen LogP contribution in [0.5, 0.6) is 0 Å². The number of carbonyl (C=O) groups excluding carboxylic acids is 1. The van der Waals surface area contributed by atoms with Gasteiger partial charge in [0.2, 0.25) is 0 Å². The minimum atomic E-state index is -0.136. The molecule has 4 aromatic rings. The summed E-state index contributed by atoms with van der Waals surface area (Å²) in [4.78, 5) is 17.1. The van der Waals surface area contributed by atoms with E-state index in [0.29, 0.717) is 10.6 Å². The van der Waals surface area contributed by atoms with Crippen LogP contribution in [0.25, 0.3) is 21.8 Å². The topological polar surface area (TPSA) is 42.0 Å². The molecule has 0 fully saturated rings. The molecular formula is C22H15ClN2OS. The maximum atomic E-state index is 12.3. The van der Waals surface area contributed by atoms with Gasteiger partial charge in [-0.1, -0.05) is 60.1 Å². The Labute approximate surface area is 166 Å². The molecule has 1 amide bonds. The van der Waals surface area contributed by atoms with Gasteiger partial charge in [0.1, 0.15) is 5.01 Å². The Hall–Kier alpha value is -2.95. The van der Waals surface area contributed by atoms with Crippen LogP contribution in [-0.4, -0.2) is 10.9 Å². The molecule has 3 aromatic carbocycles. The number of aromatic nitrogens is 1. The van der Waals surface area contributed by atoms with Crippen molar-refractivity contribution in [2.24, 2.45) is 0 Å². The normalized spacial score (nSPS) is 10.6. The summed E-state index contributed by atoms with van der Waals surface area (Å²) in [7, 11) is 0. The van der Waals surface area contributed by atoms with Crippen LogP contribution in [0, 0.1) is 0 Å². The molecule has 3 nitrogen and oxygen atoms in total. The Morgan fingerprint density at radius 2 is 1.70 bits per heavy atom. The summed E-state index contributed by atoms with van der Waals surface area (Å²) in [5.41, 5.74) is 4.07. The van der Waals surface area contributed by atoms with Crippen LogP contribution < -0.4 is 5.32 Å². The van der Waals surface area contributed by atoms with E-state index in [1.54, 1.807) is 23.5 Å². The highest BCUT2D eigenvalue weighted by Crippen LogP contribution is 2.33. The van der Waals surface area contributed by atoms with Gasteiger partial charge >= 0.3 is 0 Å². The third kappa shape index (κ3) is 3.92. The van der Waals surface area contributed by atoms with Gasteiger partial charge in [0, 0.05) is 27.8 Å². The highest BCUT2D eigenvalue weighted by molar-refractivity contribution is 7.13. The smallest absolute Gasteiger partial charge is 0.255 e. The maximum absolute atomic E-state index is 12.3. The lowest BCUT2D eigenvalue weighted by atomic mass is 10.1. The molecule has 1 heterocycles. The average molecular weight is 391 g/mol. The minimum absolute atomic E-state index is 0.136. The van der Waals surface area contributed by atoms with Crippen LogP contribution in [-0.2, 0) is 0 Å². The van der Waals surface area contributed by atoms with Gasteiger partial charge in [-0.3, -0.25) is 4.79 Å². The molecule has 0 aliphatic carbocycles. The summed E-state index contributed by atoms with van der Waals surface area (Å²) in [6.07, 6.45) is 0. The summed E-state index contributed by atoms with van der Waals surface area (Å²) >= 11 is 7.82. The van der Waals surface area contributed by atoms with E-state index < -0.39 is 0 Å². The molecule has 27 heavy (non-hydrogen) atoms. The maximum Gasteiger partial charge on any atom is 0.255 e. The molecule has 132 valence electrons. The molecule has 0 aliphatic rings. The summed E-state index contributed by atoms with van der Waals surface area (Å²) in [6.45, 7) is 0. The van der Waals surface area contributed by atoms with Crippen LogP contribution in [0.15, 0.2) is 84.2 Å². The van der Waals surface area contributed by atoms with E-state index in [2.05, 4.69) is 5.32 Å². The van der Waals surface area contributed by atoms with Crippen LogP contribution in [0.3, 0.4) is 0 Å². The number of rotatable bonds is 4. The fourth-order valence-electron chi connectivity index (χ4n) is 2.71. The quantitative estimate of drug-likeness (QED) is 0.439. The van der Waals surface area contributed by atoms with E-state index in [1.165, 1.54) is 0 Å². The van der Waals surface area contributed by atoms with Crippen LogP contribution in [0.4, 0.5) is 5.69 Å². The second-order valence-electron chi connectivity index (χ2n) is 5.92. The number of carbonyl (C=O) groups is 1. The first-order valence-electron chi connectivity index (χ1n) is 8.38. The molecule has 5 heteroatoms. The summed E-state index contributed by atoms with van der Waals surface area (Å²) in [5.74, 6) is -0.136. The van der Waals surface area contributed by atoms with Crippen LogP contribution in [0.2, 0.25) is 5.02 Å². The van der Waals surface area contributed by atoms with E-state index in [0.717, 1.165) is 27.5 Å². The summed E-state index contributed by atoms with van der Waals surface area (Å²) in [5, 5.41) is 6.48. The molecule has 0 spiro atoms. The van der Waals surface area contributed by atoms with Crippen molar-refractivity contribution >= 4 is 34.5 Å². The number of halogens is 1. The second-order valence-corrected chi connectivity index (χ2v) is 7.18. The number of amides is 1. The number of hydrogen-bond acceptors (Lipinski definition) is 3. The zero-order valence-corrected chi connectivity index (χ0v) is 15.8. The third-order valence-electron chi connectivity index (χ3n) is 4.06. The van der Waals surface area contributed by atoms with E-state index in [9.17, 15) is 4.79 Å². The van der Waals surface area contributed by atoms with E-state index >= 15 is 0 Å². The van der Waals surface area contributed by atoms with E-state index in [4.69, 9.17) is 16.6 Å². The fraction of sp³-hybridized carbons (Fsp3) is 0. The molecule has 1 aromatic heterocycles. The van der Waals surface area contributed by atoms with Gasteiger partial charge < -0.3 is 5.32 Å². The largest absolute Gasteiger partial charge is 0.322 e. The Bertz CT molecular complexity index is 1090. The van der Waals surface area contributed by atoms with Crippen LogP contribution >= 0.6 is 22.9 Å². The van der Waals surface area contributed by atoms with Gasteiger partial charge in [-0.05, 0) is 30.3 Å². The van der Waals surface area contributed by atoms with Crippen molar-refractivity contribution in [3.05, 3.63) is 94.8 Å². The lowest BCUT2D eigenvalue weighted by molar-refractivity contribution is 0.102. The predicted molar refractivity (Wildman–Crippen MR) is 112 cm³/mol. The number of hydrogen-bond donors (Lipinski definition) is 1. The number of nitrogens with zero attached hydrogens (tertiary/aromatic N) is 1. The van der Waals surface area contributed by atoms with Crippen molar-refractivity contribution in [2.45, 2.75) is 0 Å². The molecule has 0 atom stereocenters. The van der Waals surface area contributed by atoms with Crippen molar-refractivity contribution < 1.29 is 4.79 Å². The minimum Gasteiger partial charge on any atom is -0.322 e. The highest BCUT2D eigenvalue weighted by Gasteiger charge is 2.11. The Kier molecular flexibility index (Phi) is 5.01. The van der Waals surface area contributed by atoms with Crippen LogP contribution in [0.1, 0.15) is 10.4 Å². The monoisotopic (exact) mass is 390 g/mol. The van der Waals surface area contributed by atoms with Gasteiger partial charge in [-0.2, -0.15) is 0 Å². The van der Waals surface area contributed by atoms with Crippen molar-refractivity contribution in [3.8, 4) is 21.8 Å². The van der Waals surface area contributed by atoms with Gasteiger partial charge in [0.25, 0.3) is 5.91 Å². The SMILES string of the molecule is O=C(Nc1cccc(-c2csc(-c3ccccc3Cl)n2)c1)c1ccccc1. The molecule has 0 saturated carbocycles. The van der Waals surface area contributed by atoms with E-state index in [1.807, 2.05) is 72.1 Å². The predicted octanol–water partition coefficient (Wildman–Crippen LogP) is 6.38. The van der Waals surface area contributed by atoms with Crippen molar-refractivity contribution in [2.75, 3.05) is 5.32 Å². The number of anilines is 1. The first-order chi connectivity index (χ1) is 13.2. The molecular weight excluding hydrogens is 376 g/mol. The Balaban J connectivity index is 1.58. The molecule has 0 bridgehead atoms. The second kappa shape index (κ2) is 7.74. The highest BCUT2D eigenvalue weighted by atomic mass is 35.5. The average Bonchev–Trinajstić information content (AvgIpc) is 3.19. The molecule has 1 N–H and O–H groups in total. The van der Waals surface area contributed by atoms with Crippen molar-refractivity contribution in [3.63, 3.8) is 0 Å². The Morgan fingerprint density at radius 1 is 0.926 bits per heavy atom. The van der Waals surface area contributed by atoms with E-state index in [-0.39, 0.29) is 5.91 Å². The molecule has 0 radical (unpaired) electrons. The first-order valence-corrected chi connectivity index (χ1v) is 9.64. The van der Waals surface area contributed by atoms with Gasteiger partial charge in [-0.25, -0.2) is 4.98 Å². The molecule has 0 unspecified atom stereocenters. The molecule has 4 rings (SSSR count). The number of benzene rings is 3.